The van der Waals surface area contributed by atoms with Gasteiger partial charge in [0.15, 0.2) is 0 Å². The van der Waals surface area contributed by atoms with Gasteiger partial charge in [0.1, 0.15) is 6.04 Å². The van der Waals surface area contributed by atoms with Crippen LogP contribution in [0.5, 0.6) is 0 Å². The molecule has 1 atom stereocenters. The largest absolute Gasteiger partial charge is 0.350 e. The molecule has 0 fully saturated rings. The lowest BCUT2D eigenvalue weighted by molar-refractivity contribution is -0.141. The third-order valence-electron chi connectivity index (χ3n) is 5.24. The molecule has 168 valence electrons. The first-order chi connectivity index (χ1) is 14.5. The molecule has 0 aliphatic rings. The minimum absolute atomic E-state index is 0.0654. The first-order valence-electron chi connectivity index (χ1n) is 10.9. The summed E-state index contributed by atoms with van der Waals surface area (Å²) in [6.07, 6.45) is 0.961. The zero-order valence-corrected chi connectivity index (χ0v) is 20.3. The number of nitrogens with zero attached hydrogens (tertiary/aromatic N) is 1. The van der Waals surface area contributed by atoms with Gasteiger partial charge in [-0.1, -0.05) is 67.9 Å². The normalized spacial score (nSPS) is 12.5. The standard InChI is InChI=1S/C26H35ClN2O2/c1-18(2)21-14-11-20(12-15-21)13-16-24(30)29(17-22-9-7-8-10-23(22)27)19(3)25(31)28-26(4,5)6/h7-12,14-15,18-19H,13,16-17H2,1-6H3,(H,28,31)/t19-/m1/s1. The summed E-state index contributed by atoms with van der Waals surface area (Å²) < 4.78 is 0. The molecule has 0 heterocycles. The van der Waals surface area contributed by atoms with E-state index in [2.05, 4.69) is 43.4 Å². The van der Waals surface area contributed by atoms with Gasteiger partial charge in [-0.25, -0.2) is 0 Å². The number of amides is 2. The van der Waals surface area contributed by atoms with Gasteiger partial charge in [0.25, 0.3) is 0 Å². The zero-order valence-electron chi connectivity index (χ0n) is 19.5. The maximum Gasteiger partial charge on any atom is 0.242 e. The van der Waals surface area contributed by atoms with Crippen molar-refractivity contribution >= 4 is 23.4 Å². The number of hydrogen-bond acceptors (Lipinski definition) is 2. The Balaban J connectivity index is 2.16. The summed E-state index contributed by atoms with van der Waals surface area (Å²) in [5.74, 6) is 0.238. The van der Waals surface area contributed by atoms with Crippen LogP contribution in [0.1, 0.15) is 70.6 Å². The van der Waals surface area contributed by atoms with Gasteiger partial charge in [0.05, 0.1) is 0 Å². The SMILES string of the molecule is CC(C)c1ccc(CCC(=O)N(Cc2ccccc2Cl)[C@H](C)C(=O)NC(C)(C)C)cc1. The highest BCUT2D eigenvalue weighted by molar-refractivity contribution is 6.31. The Hall–Kier alpha value is -2.33. The number of nitrogens with one attached hydrogen (secondary N) is 1. The van der Waals surface area contributed by atoms with Crippen molar-refractivity contribution in [3.8, 4) is 0 Å². The Bertz CT molecular complexity index is 885. The van der Waals surface area contributed by atoms with Crippen molar-refractivity contribution in [2.45, 2.75) is 78.4 Å². The minimum Gasteiger partial charge on any atom is -0.350 e. The van der Waals surface area contributed by atoms with Gasteiger partial charge in [0, 0.05) is 23.5 Å². The molecule has 0 aliphatic carbocycles. The fourth-order valence-electron chi connectivity index (χ4n) is 3.33. The van der Waals surface area contributed by atoms with Crippen LogP contribution >= 0.6 is 11.6 Å². The highest BCUT2D eigenvalue weighted by Crippen LogP contribution is 2.20. The molecule has 0 bridgehead atoms. The summed E-state index contributed by atoms with van der Waals surface area (Å²) >= 11 is 6.34. The van der Waals surface area contributed by atoms with Crippen molar-refractivity contribution in [2.24, 2.45) is 0 Å². The molecule has 0 aromatic heterocycles. The van der Waals surface area contributed by atoms with E-state index in [9.17, 15) is 9.59 Å². The molecule has 5 heteroatoms. The van der Waals surface area contributed by atoms with E-state index < -0.39 is 6.04 Å². The van der Waals surface area contributed by atoms with E-state index in [4.69, 9.17) is 11.6 Å². The second-order valence-electron chi connectivity index (χ2n) is 9.42. The van der Waals surface area contributed by atoms with Crippen molar-refractivity contribution in [1.82, 2.24) is 10.2 Å². The van der Waals surface area contributed by atoms with Crippen LogP contribution in [-0.2, 0) is 22.6 Å². The number of rotatable bonds is 8. The lowest BCUT2D eigenvalue weighted by atomic mass is 10.00. The highest BCUT2D eigenvalue weighted by atomic mass is 35.5. The molecule has 0 saturated heterocycles. The average Bonchev–Trinajstić information content (AvgIpc) is 2.70. The zero-order chi connectivity index (χ0) is 23.2. The average molecular weight is 443 g/mol. The number of halogens is 1. The van der Waals surface area contributed by atoms with E-state index >= 15 is 0 Å². The van der Waals surface area contributed by atoms with Gasteiger partial charge < -0.3 is 10.2 Å². The third kappa shape index (κ3) is 7.70. The van der Waals surface area contributed by atoms with Crippen LogP contribution in [0.25, 0.3) is 0 Å². The summed E-state index contributed by atoms with van der Waals surface area (Å²) in [4.78, 5) is 27.7. The van der Waals surface area contributed by atoms with E-state index in [1.54, 1.807) is 17.9 Å². The van der Waals surface area contributed by atoms with Gasteiger partial charge in [0.2, 0.25) is 11.8 Å². The third-order valence-corrected chi connectivity index (χ3v) is 5.61. The molecular weight excluding hydrogens is 408 g/mol. The Morgan fingerprint density at radius 1 is 1.00 bits per heavy atom. The second kappa shape index (κ2) is 10.8. The predicted octanol–water partition coefficient (Wildman–Crippen LogP) is 5.73. The number of hydrogen-bond donors (Lipinski definition) is 1. The first-order valence-corrected chi connectivity index (χ1v) is 11.3. The van der Waals surface area contributed by atoms with Gasteiger partial charge in [-0.2, -0.15) is 0 Å². The van der Waals surface area contributed by atoms with Crippen molar-refractivity contribution < 1.29 is 9.59 Å². The second-order valence-corrected chi connectivity index (χ2v) is 9.83. The van der Waals surface area contributed by atoms with Crippen molar-refractivity contribution in [3.05, 3.63) is 70.2 Å². The molecule has 1 N–H and O–H groups in total. The van der Waals surface area contributed by atoms with Crippen LogP contribution in [0, 0.1) is 0 Å². The quantitative estimate of drug-likeness (QED) is 0.567. The van der Waals surface area contributed by atoms with Gasteiger partial charge in [-0.05, 0) is 62.8 Å². The Kier molecular flexibility index (Phi) is 8.69. The Morgan fingerprint density at radius 3 is 2.16 bits per heavy atom. The van der Waals surface area contributed by atoms with Crippen LogP contribution in [0.4, 0.5) is 0 Å². The Morgan fingerprint density at radius 2 is 1.61 bits per heavy atom. The lowest BCUT2D eigenvalue weighted by Crippen LogP contribution is -2.52. The fraction of sp³-hybridized carbons (Fsp3) is 0.462. The minimum atomic E-state index is -0.605. The molecule has 0 radical (unpaired) electrons. The van der Waals surface area contributed by atoms with Gasteiger partial charge in [-0.15, -0.1) is 0 Å². The number of aryl methyl sites for hydroxylation is 1. The van der Waals surface area contributed by atoms with Crippen LogP contribution in [0.15, 0.2) is 48.5 Å². The van der Waals surface area contributed by atoms with Gasteiger partial charge in [-0.3, -0.25) is 9.59 Å². The van der Waals surface area contributed by atoms with Gasteiger partial charge >= 0.3 is 0 Å². The Labute approximate surface area is 192 Å². The maximum atomic E-state index is 13.2. The number of benzene rings is 2. The molecule has 4 nitrogen and oxygen atoms in total. The number of carbonyl (C=O) groups excluding carboxylic acids is 2. The summed E-state index contributed by atoms with van der Waals surface area (Å²) in [6.45, 7) is 12.2. The molecular formula is C26H35ClN2O2. The molecule has 0 aliphatic heterocycles. The van der Waals surface area contributed by atoms with Crippen molar-refractivity contribution in [2.75, 3.05) is 0 Å². The summed E-state index contributed by atoms with van der Waals surface area (Å²) in [5, 5.41) is 3.57. The summed E-state index contributed by atoms with van der Waals surface area (Å²) in [6, 6.07) is 15.2. The molecule has 2 amide bonds. The molecule has 0 spiro atoms. The lowest BCUT2D eigenvalue weighted by Gasteiger charge is -2.31. The van der Waals surface area contributed by atoms with Crippen molar-refractivity contribution in [3.63, 3.8) is 0 Å². The maximum absolute atomic E-state index is 13.2. The van der Waals surface area contributed by atoms with E-state index in [1.165, 1.54) is 5.56 Å². The molecule has 2 aromatic carbocycles. The molecule has 0 unspecified atom stereocenters. The van der Waals surface area contributed by atoms with E-state index in [1.807, 2.05) is 39.0 Å². The fourth-order valence-corrected chi connectivity index (χ4v) is 3.53. The van der Waals surface area contributed by atoms with Crippen molar-refractivity contribution in [1.29, 1.82) is 0 Å². The van der Waals surface area contributed by atoms with Crippen LogP contribution in [-0.4, -0.2) is 28.3 Å². The highest BCUT2D eigenvalue weighted by Gasteiger charge is 2.28. The number of carbonyl (C=O) groups is 2. The van der Waals surface area contributed by atoms with Crippen LogP contribution < -0.4 is 5.32 Å². The van der Waals surface area contributed by atoms with Crippen LogP contribution in [0.2, 0.25) is 5.02 Å². The summed E-state index contributed by atoms with van der Waals surface area (Å²) in [5.41, 5.74) is 2.85. The van der Waals surface area contributed by atoms with E-state index in [0.717, 1.165) is 11.1 Å². The molecule has 31 heavy (non-hydrogen) atoms. The molecule has 2 rings (SSSR count). The smallest absolute Gasteiger partial charge is 0.242 e. The van der Waals surface area contributed by atoms with Crippen LogP contribution in [0.3, 0.4) is 0 Å². The predicted molar refractivity (Wildman–Crippen MR) is 128 cm³/mol. The topological polar surface area (TPSA) is 49.4 Å². The molecule has 2 aromatic rings. The summed E-state index contributed by atoms with van der Waals surface area (Å²) in [7, 11) is 0. The first kappa shape index (κ1) is 24.9. The van der Waals surface area contributed by atoms with E-state index in [0.29, 0.717) is 30.3 Å². The molecule has 0 saturated carbocycles. The monoisotopic (exact) mass is 442 g/mol. The van der Waals surface area contributed by atoms with E-state index in [-0.39, 0.29) is 17.4 Å².